The topological polar surface area (TPSA) is 64.3 Å². The maximum absolute atomic E-state index is 11.5. The van der Waals surface area contributed by atoms with Crippen molar-refractivity contribution < 1.29 is 9.53 Å². The van der Waals surface area contributed by atoms with Crippen molar-refractivity contribution in [1.82, 2.24) is 0 Å². The first kappa shape index (κ1) is 14.5. The Morgan fingerprint density at radius 3 is 2.56 bits per heavy atom. The van der Waals surface area contributed by atoms with Gasteiger partial charge in [-0.25, -0.2) is 4.79 Å². The molecule has 0 saturated carbocycles. The van der Waals surface area contributed by atoms with Gasteiger partial charge in [0.2, 0.25) is 0 Å². The van der Waals surface area contributed by atoms with Crippen LogP contribution in [0.3, 0.4) is 0 Å². The van der Waals surface area contributed by atoms with Crippen LogP contribution in [0.1, 0.15) is 32.3 Å². The quantitative estimate of drug-likeness (QED) is 0.762. The first-order valence-electron chi connectivity index (χ1n) is 6.34. The van der Waals surface area contributed by atoms with E-state index < -0.39 is 6.09 Å². The van der Waals surface area contributed by atoms with Gasteiger partial charge in [-0.05, 0) is 36.5 Å². The van der Waals surface area contributed by atoms with Gasteiger partial charge in [0.25, 0.3) is 0 Å². The molecular weight excluding hydrogens is 228 g/mol. The number of carbonyl (C=O) groups is 1. The Morgan fingerprint density at radius 2 is 2.00 bits per heavy atom. The van der Waals surface area contributed by atoms with Crippen molar-refractivity contribution in [1.29, 1.82) is 0 Å². The molecule has 3 N–H and O–H groups in total. The highest BCUT2D eigenvalue weighted by Crippen LogP contribution is 2.09. The molecule has 4 nitrogen and oxygen atoms in total. The molecule has 0 bridgehead atoms. The van der Waals surface area contributed by atoms with Gasteiger partial charge in [-0.3, -0.25) is 5.32 Å². The average Bonchev–Trinajstić information content (AvgIpc) is 2.35. The molecule has 0 aliphatic heterocycles. The number of rotatable bonds is 6. The molecule has 0 aliphatic rings. The van der Waals surface area contributed by atoms with Gasteiger partial charge < -0.3 is 10.5 Å². The van der Waals surface area contributed by atoms with Crippen LogP contribution < -0.4 is 11.1 Å². The summed E-state index contributed by atoms with van der Waals surface area (Å²) in [5.41, 5.74) is 7.25. The van der Waals surface area contributed by atoms with Crippen LogP contribution in [0.5, 0.6) is 0 Å². The van der Waals surface area contributed by atoms with Gasteiger partial charge >= 0.3 is 6.09 Å². The molecule has 0 aliphatic carbocycles. The van der Waals surface area contributed by atoms with Crippen LogP contribution in [-0.4, -0.2) is 12.7 Å². The van der Waals surface area contributed by atoms with Crippen LogP contribution in [0.15, 0.2) is 24.3 Å². The fraction of sp³-hybridized carbons (Fsp3) is 0.500. The highest BCUT2D eigenvalue weighted by molar-refractivity contribution is 5.84. The fourth-order valence-corrected chi connectivity index (χ4v) is 1.53. The minimum atomic E-state index is -0.403. The summed E-state index contributed by atoms with van der Waals surface area (Å²) in [6.07, 6.45) is 1.56. The van der Waals surface area contributed by atoms with Gasteiger partial charge in [0.1, 0.15) is 0 Å². The Morgan fingerprint density at radius 1 is 1.33 bits per heavy atom. The molecule has 0 saturated heterocycles. The molecule has 100 valence electrons. The number of hydrogen-bond acceptors (Lipinski definition) is 3. The van der Waals surface area contributed by atoms with Crippen molar-refractivity contribution in [2.75, 3.05) is 11.9 Å². The predicted molar refractivity (Wildman–Crippen MR) is 73.4 cm³/mol. The summed E-state index contributed by atoms with van der Waals surface area (Å²) < 4.78 is 5.08. The van der Waals surface area contributed by atoms with Crippen LogP contribution in [0.25, 0.3) is 0 Å². The Balaban J connectivity index is 2.26. The van der Waals surface area contributed by atoms with Gasteiger partial charge in [0.15, 0.2) is 0 Å². The van der Waals surface area contributed by atoms with Crippen LogP contribution in [0, 0.1) is 5.92 Å². The highest BCUT2D eigenvalue weighted by Gasteiger charge is 2.03. The largest absolute Gasteiger partial charge is 0.449 e. The van der Waals surface area contributed by atoms with E-state index in [0.29, 0.717) is 19.1 Å². The number of hydrogen-bond donors (Lipinski definition) is 2. The van der Waals surface area contributed by atoms with Crippen LogP contribution in [0.2, 0.25) is 0 Å². The predicted octanol–water partition coefficient (Wildman–Crippen LogP) is 3.13. The molecule has 0 spiro atoms. The lowest BCUT2D eigenvalue weighted by atomic mass is 10.1. The molecule has 0 atom stereocenters. The normalized spacial score (nSPS) is 10.4. The molecule has 4 heteroatoms. The summed E-state index contributed by atoms with van der Waals surface area (Å²) >= 11 is 0. The number of ether oxygens (including phenoxy) is 1. The average molecular weight is 250 g/mol. The van der Waals surface area contributed by atoms with Crippen molar-refractivity contribution in [3.63, 3.8) is 0 Å². The van der Waals surface area contributed by atoms with E-state index >= 15 is 0 Å². The summed E-state index contributed by atoms with van der Waals surface area (Å²) in [5.74, 6) is 0.639. The van der Waals surface area contributed by atoms with Crippen molar-refractivity contribution in [3.8, 4) is 0 Å². The second-order valence-electron chi connectivity index (χ2n) is 4.70. The zero-order valence-corrected chi connectivity index (χ0v) is 11.1. The third-order valence-electron chi connectivity index (χ3n) is 2.60. The monoisotopic (exact) mass is 250 g/mol. The SMILES string of the molecule is CC(C)CCCOC(=O)Nc1ccc(CN)cc1. The number of amides is 1. The smallest absolute Gasteiger partial charge is 0.411 e. The molecule has 0 unspecified atom stereocenters. The number of anilines is 1. The molecule has 1 aromatic carbocycles. The van der Waals surface area contributed by atoms with Gasteiger partial charge in [0.05, 0.1) is 6.61 Å². The van der Waals surface area contributed by atoms with Gasteiger partial charge in [0, 0.05) is 12.2 Å². The highest BCUT2D eigenvalue weighted by atomic mass is 16.5. The van der Waals surface area contributed by atoms with Crippen molar-refractivity contribution in [2.24, 2.45) is 11.7 Å². The third kappa shape index (κ3) is 5.68. The van der Waals surface area contributed by atoms with Crippen LogP contribution >= 0.6 is 0 Å². The zero-order chi connectivity index (χ0) is 13.4. The lowest BCUT2D eigenvalue weighted by Crippen LogP contribution is -2.14. The Bertz CT molecular complexity index is 361. The summed E-state index contributed by atoms with van der Waals surface area (Å²) in [6.45, 7) is 5.27. The van der Waals surface area contributed by atoms with Crippen LogP contribution in [0.4, 0.5) is 10.5 Å². The maximum atomic E-state index is 11.5. The number of benzene rings is 1. The Kier molecular flexibility index (Phi) is 6.22. The van der Waals surface area contributed by atoms with E-state index in [9.17, 15) is 4.79 Å². The molecule has 1 amide bonds. The number of nitrogens with two attached hydrogens (primary N) is 1. The number of carbonyl (C=O) groups excluding carboxylic acids is 1. The molecule has 1 aromatic rings. The Hall–Kier alpha value is -1.55. The van der Waals surface area contributed by atoms with E-state index in [1.54, 1.807) is 0 Å². The molecular formula is C14H22N2O2. The standard InChI is InChI=1S/C14H22N2O2/c1-11(2)4-3-9-18-14(17)16-13-7-5-12(10-15)6-8-13/h5-8,11H,3-4,9-10,15H2,1-2H3,(H,16,17). The minimum absolute atomic E-state index is 0.403. The van der Waals surface area contributed by atoms with E-state index in [1.165, 1.54) is 0 Å². The van der Waals surface area contributed by atoms with Crippen molar-refractivity contribution in [3.05, 3.63) is 29.8 Å². The summed E-state index contributed by atoms with van der Waals surface area (Å²) in [6, 6.07) is 7.40. The van der Waals surface area contributed by atoms with E-state index in [1.807, 2.05) is 24.3 Å². The summed E-state index contributed by atoms with van der Waals surface area (Å²) in [5, 5.41) is 2.68. The fourth-order valence-electron chi connectivity index (χ4n) is 1.53. The molecule has 1 rings (SSSR count). The third-order valence-corrected chi connectivity index (χ3v) is 2.60. The van der Waals surface area contributed by atoms with E-state index in [-0.39, 0.29) is 0 Å². The lowest BCUT2D eigenvalue weighted by molar-refractivity contribution is 0.158. The zero-order valence-electron chi connectivity index (χ0n) is 11.1. The van der Waals surface area contributed by atoms with Crippen molar-refractivity contribution in [2.45, 2.75) is 33.2 Å². The van der Waals surface area contributed by atoms with E-state index in [4.69, 9.17) is 10.5 Å². The molecule has 0 radical (unpaired) electrons. The van der Waals surface area contributed by atoms with Crippen LogP contribution in [-0.2, 0) is 11.3 Å². The van der Waals surface area contributed by atoms with Gasteiger partial charge in [-0.15, -0.1) is 0 Å². The molecule has 18 heavy (non-hydrogen) atoms. The first-order chi connectivity index (χ1) is 8.61. The van der Waals surface area contributed by atoms with Gasteiger partial charge in [-0.2, -0.15) is 0 Å². The van der Waals surface area contributed by atoms with Crippen molar-refractivity contribution >= 4 is 11.8 Å². The second kappa shape index (κ2) is 7.71. The lowest BCUT2D eigenvalue weighted by Gasteiger charge is -2.08. The second-order valence-corrected chi connectivity index (χ2v) is 4.70. The van der Waals surface area contributed by atoms with E-state index in [0.717, 1.165) is 24.1 Å². The maximum Gasteiger partial charge on any atom is 0.411 e. The molecule has 0 fully saturated rings. The summed E-state index contributed by atoms with van der Waals surface area (Å²) in [7, 11) is 0. The van der Waals surface area contributed by atoms with E-state index in [2.05, 4.69) is 19.2 Å². The minimum Gasteiger partial charge on any atom is -0.449 e. The first-order valence-corrected chi connectivity index (χ1v) is 6.34. The Labute approximate surface area is 109 Å². The molecule has 0 aromatic heterocycles. The van der Waals surface area contributed by atoms with Gasteiger partial charge in [-0.1, -0.05) is 26.0 Å². The number of nitrogens with one attached hydrogen (secondary N) is 1. The molecule has 0 heterocycles. The summed E-state index contributed by atoms with van der Waals surface area (Å²) in [4.78, 5) is 11.5.